The maximum Gasteiger partial charge on any atom is 0.313 e. The molecule has 0 saturated heterocycles. The maximum absolute atomic E-state index is 12.8. The Morgan fingerprint density at radius 3 is 1.26 bits per heavy atom. The van der Waals surface area contributed by atoms with Crippen molar-refractivity contribution in [2.24, 2.45) is 0 Å². The van der Waals surface area contributed by atoms with Crippen molar-refractivity contribution in [3.63, 3.8) is 0 Å². The minimum atomic E-state index is -2.91. The second-order valence-corrected chi connectivity index (χ2v) is 9.73. The van der Waals surface area contributed by atoms with Crippen molar-refractivity contribution in [3.8, 4) is 34.5 Å². The van der Waals surface area contributed by atoms with Crippen LogP contribution in [0, 0.1) is 0 Å². The number of carbonyl (C=O) groups is 1. The molecule has 0 atom stereocenters. The fourth-order valence-corrected chi connectivity index (χ4v) is 7.30. The highest BCUT2D eigenvalue weighted by Gasteiger charge is 2.45. The van der Waals surface area contributed by atoms with E-state index in [0.717, 1.165) is 0 Å². The second kappa shape index (κ2) is 11.1. The lowest BCUT2D eigenvalue weighted by Gasteiger charge is -2.41. The van der Waals surface area contributed by atoms with Gasteiger partial charge >= 0.3 is 5.97 Å². The smallest absolute Gasteiger partial charge is 0.313 e. The average molecular weight is 503 g/mol. The van der Waals surface area contributed by atoms with Crippen LogP contribution < -0.4 is 28.4 Å². The summed E-state index contributed by atoms with van der Waals surface area (Å²) in [5, 5.41) is 0. The van der Waals surface area contributed by atoms with Crippen LogP contribution in [-0.2, 0) is 8.98 Å². The number of ether oxygens (including phenoxy) is 6. The molecule has 3 rings (SSSR count). The van der Waals surface area contributed by atoms with E-state index in [2.05, 4.69) is 0 Å². The standard InChI is InChI=1S/C26H30O8S/c1-17(27)34-35(20-11-9-8-10-12-20,25-21(30-4)13-18(28-2)14-22(25)31-5)26-23(32-6)15-19(29-3)16-24(26)33-7/h8-16H,1-7H3. The summed E-state index contributed by atoms with van der Waals surface area (Å²) in [7, 11) is 6.31. The minimum absolute atomic E-state index is 0.404. The first kappa shape index (κ1) is 25.9. The second-order valence-electron chi connectivity index (χ2n) is 7.17. The summed E-state index contributed by atoms with van der Waals surface area (Å²) in [6.07, 6.45) is 0. The monoisotopic (exact) mass is 502 g/mol. The first-order valence-electron chi connectivity index (χ1n) is 10.6. The fraction of sp³-hybridized carbons (Fsp3) is 0.269. The van der Waals surface area contributed by atoms with Crippen LogP contribution in [0.2, 0.25) is 0 Å². The van der Waals surface area contributed by atoms with Gasteiger partial charge in [0.1, 0.15) is 44.3 Å². The third-order valence-corrected chi connectivity index (χ3v) is 8.61. The Morgan fingerprint density at radius 2 is 0.971 bits per heavy atom. The molecule has 0 bridgehead atoms. The Kier molecular flexibility index (Phi) is 8.24. The predicted octanol–water partition coefficient (Wildman–Crippen LogP) is 5.50. The molecule has 188 valence electrons. The largest absolute Gasteiger partial charge is 0.496 e. The molecule has 3 aromatic carbocycles. The molecule has 0 radical (unpaired) electrons. The number of benzene rings is 3. The molecule has 0 aliphatic carbocycles. The van der Waals surface area contributed by atoms with Gasteiger partial charge in [-0.2, -0.15) is 0 Å². The highest BCUT2D eigenvalue weighted by molar-refractivity contribution is 8.30. The fourth-order valence-electron chi connectivity index (χ4n) is 3.77. The number of methoxy groups -OCH3 is 6. The van der Waals surface area contributed by atoms with E-state index in [-0.39, 0.29) is 0 Å². The van der Waals surface area contributed by atoms with Crippen molar-refractivity contribution < 1.29 is 37.4 Å². The van der Waals surface area contributed by atoms with Gasteiger partial charge in [-0.1, -0.05) is 18.2 Å². The van der Waals surface area contributed by atoms with E-state index < -0.39 is 16.3 Å². The summed E-state index contributed by atoms with van der Waals surface area (Å²) in [4.78, 5) is 14.5. The lowest BCUT2D eigenvalue weighted by Crippen LogP contribution is -2.15. The van der Waals surface area contributed by atoms with Gasteiger partial charge in [0.15, 0.2) is 0 Å². The molecule has 0 aromatic heterocycles. The van der Waals surface area contributed by atoms with E-state index in [9.17, 15) is 4.79 Å². The van der Waals surface area contributed by atoms with Crippen LogP contribution in [0.1, 0.15) is 6.92 Å². The van der Waals surface area contributed by atoms with Gasteiger partial charge in [-0.05, 0) is 12.1 Å². The first-order valence-corrected chi connectivity index (χ1v) is 12.1. The highest BCUT2D eigenvalue weighted by Crippen LogP contribution is 2.77. The van der Waals surface area contributed by atoms with Crippen LogP contribution >= 0.6 is 10.3 Å². The third kappa shape index (κ3) is 4.77. The first-order chi connectivity index (χ1) is 16.9. The van der Waals surface area contributed by atoms with Crippen molar-refractivity contribution in [1.82, 2.24) is 0 Å². The Morgan fingerprint density at radius 1 is 0.600 bits per heavy atom. The van der Waals surface area contributed by atoms with Crippen LogP contribution in [0.5, 0.6) is 34.5 Å². The molecule has 9 heteroatoms. The summed E-state index contributed by atoms with van der Waals surface area (Å²) in [6, 6.07) is 16.2. The molecule has 0 saturated carbocycles. The average Bonchev–Trinajstić information content (AvgIpc) is 2.90. The van der Waals surface area contributed by atoms with Crippen LogP contribution in [0.25, 0.3) is 0 Å². The van der Waals surface area contributed by atoms with Gasteiger partial charge in [0.05, 0.1) is 42.7 Å². The van der Waals surface area contributed by atoms with Crippen molar-refractivity contribution in [2.45, 2.75) is 21.6 Å². The predicted molar refractivity (Wildman–Crippen MR) is 133 cm³/mol. The van der Waals surface area contributed by atoms with Crippen LogP contribution in [0.15, 0.2) is 69.3 Å². The van der Waals surface area contributed by atoms with E-state index in [1.54, 1.807) is 38.5 Å². The third-order valence-electron chi connectivity index (χ3n) is 5.23. The highest BCUT2D eigenvalue weighted by atomic mass is 32.3. The van der Waals surface area contributed by atoms with Crippen molar-refractivity contribution in [3.05, 3.63) is 54.6 Å². The Bertz CT molecular complexity index is 1070. The van der Waals surface area contributed by atoms with E-state index in [0.29, 0.717) is 49.2 Å². The van der Waals surface area contributed by atoms with Crippen molar-refractivity contribution >= 4 is 16.3 Å². The van der Waals surface area contributed by atoms with Gasteiger partial charge in [0.25, 0.3) is 0 Å². The molecular formula is C26H30O8S. The number of rotatable bonds is 10. The quantitative estimate of drug-likeness (QED) is 0.360. The van der Waals surface area contributed by atoms with Gasteiger partial charge in [-0.15, -0.1) is 0 Å². The van der Waals surface area contributed by atoms with Gasteiger partial charge in [0.2, 0.25) is 0 Å². The lowest BCUT2D eigenvalue weighted by atomic mass is 10.3. The van der Waals surface area contributed by atoms with Crippen molar-refractivity contribution in [1.29, 1.82) is 0 Å². The molecule has 0 amide bonds. The maximum atomic E-state index is 12.8. The minimum Gasteiger partial charge on any atom is -0.496 e. The summed E-state index contributed by atoms with van der Waals surface area (Å²) in [5.41, 5.74) is 0. The summed E-state index contributed by atoms with van der Waals surface area (Å²) >= 11 is 0. The number of carbonyl (C=O) groups excluding carboxylic acids is 1. The Balaban J connectivity index is 2.64. The zero-order chi connectivity index (χ0) is 25.6. The SMILES string of the molecule is COc1cc(OC)c(S(OC(C)=O)(c2ccccc2)c2c(OC)cc(OC)cc2OC)c(OC)c1. The van der Waals surface area contributed by atoms with Gasteiger partial charge in [-0.3, -0.25) is 4.79 Å². The number of hydrogen-bond donors (Lipinski definition) is 0. The van der Waals surface area contributed by atoms with E-state index in [1.807, 2.05) is 30.3 Å². The molecule has 3 aromatic rings. The molecule has 0 heterocycles. The van der Waals surface area contributed by atoms with Crippen molar-refractivity contribution in [2.75, 3.05) is 42.7 Å². The normalized spacial score (nSPS) is 11.3. The molecule has 0 aliphatic rings. The van der Waals surface area contributed by atoms with E-state index in [1.165, 1.54) is 35.4 Å². The molecule has 8 nitrogen and oxygen atoms in total. The molecular weight excluding hydrogens is 472 g/mol. The van der Waals surface area contributed by atoms with Crippen LogP contribution in [0.3, 0.4) is 0 Å². The molecule has 35 heavy (non-hydrogen) atoms. The zero-order valence-corrected chi connectivity index (χ0v) is 21.7. The zero-order valence-electron chi connectivity index (χ0n) is 20.9. The Hall–Kier alpha value is -3.72. The van der Waals surface area contributed by atoms with Gasteiger partial charge in [0, 0.05) is 46.4 Å². The summed E-state index contributed by atoms with van der Waals surface area (Å²) in [5.74, 6) is 2.13. The van der Waals surface area contributed by atoms with Crippen LogP contribution in [0.4, 0.5) is 0 Å². The Labute approximate surface area is 207 Å². The van der Waals surface area contributed by atoms with Gasteiger partial charge in [-0.25, -0.2) is 0 Å². The molecule has 0 aliphatic heterocycles. The van der Waals surface area contributed by atoms with Gasteiger partial charge < -0.3 is 32.6 Å². The molecule has 0 fully saturated rings. The molecule has 0 unspecified atom stereocenters. The topological polar surface area (TPSA) is 81.7 Å². The van der Waals surface area contributed by atoms with E-state index in [4.69, 9.17) is 32.6 Å². The molecule has 0 spiro atoms. The number of hydrogen-bond acceptors (Lipinski definition) is 8. The molecule has 0 N–H and O–H groups in total. The van der Waals surface area contributed by atoms with Crippen LogP contribution in [-0.4, -0.2) is 48.6 Å². The summed E-state index contributed by atoms with van der Waals surface area (Å²) < 4.78 is 40.5. The summed E-state index contributed by atoms with van der Waals surface area (Å²) in [6.45, 7) is 1.36. The van der Waals surface area contributed by atoms with E-state index >= 15 is 0 Å². The lowest BCUT2D eigenvalue weighted by molar-refractivity contribution is -0.131.